The number of carbonyl (C=O) groups excluding carboxylic acids is 2. The molecule has 1 unspecified atom stereocenters. The summed E-state index contributed by atoms with van der Waals surface area (Å²) in [4.78, 5) is 29.6. The van der Waals surface area contributed by atoms with Crippen molar-refractivity contribution in [2.75, 3.05) is 46.8 Å². The lowest BCUT2D eigenvalue weighted by molar-refractivity contribution is -0.133. The first-order valence-corrected chi connectivity index (χ1v) is 8.18. The highest BCUT2D eigenvalue weighted by molar-refractivity contribution is 5.79. The first-order chi connectivity index (χ1) is 9.97. The molecular weight excluding hydrogens is 266 g/mol. The summed E-state index contributed by atoms with van der Waals surface area (Å²) < 4.78 is 0. The molecule has 3 aliphatic rings. The van der Waals surface area contributed by atoms with E-state index in [1.54, 1.807) is 0 Å². The lowest BCUT2D eigenvalue weighted by atomic mass is 9.77. The van der Waals surface area contributed by atoms with E-state index in [-0.39, 0.29) is 11.3 Å². The molecule has 1 atom stereocenters. The number of hydrogen-bond acceptors (Lipinski definition) is 3. The highest BCUT2D eigenvalue weighted by atomic mass is 16.2. The number of rotatable bonds is 2. The van der Waals surface area contributed by atoms with Gasteiger partial charge in [0.05, 0.1) is 0 Å². The van der Waals surface area contributed by atoms with Gasteiger partial charge < -0.3 is 14.7 Å². The summed E-state index contributed by atoms with van der Waals surface area (Å²) in [5.74, 6) is 1.22. The molecule has 21 heavy (non-hydrogen) atoms. The van der Waals surface area contributed by atoms with Gasteiger partial charge in [0, 0.05) is 46.6 Å². The van der Waals surface area contributed by atoms with Gasteiger partial charge in [-0.2, -0.15) is 0 Å². The van der Waals surface area contributed by atoms with E-state index in [0.717, 1.165) is 58.4 Å². The van der Waals surface area contributed by atoms with Crippen molar-refractivity contribution in [2.24, 2.45) is 11.3 Å². The number of carbonyl (C=O) groups is 2. The van der Waals surface area contributed by atoms with Crippen LogP contribution < -0.4 is 0 Å². The molecule has 0 aliphatic carbocycles. The van der Waals surface area contributed by atoms with Gasteiger partial charge in [-0.3, -0.25) is 9.59 Å². The van der Waals surface area contributed by atoms with Crippen LogP contribution in [0.4, 0.5) is 0 Å². The van der Waals surface area contributed by atoms with E-state index in [1.165, 1.54) is 0 Å². The third-order valence-electron chi connectivity index (χ3n) is 5.68. The fourth-order valence-corrected chi connectivity index (χ4v) is 4.26. The Kier molecular flexibility index (Phi) is 3.95. The minimum absolute atomic E-state index is 0.252. The normalized spacial score (nSPS) is 30.5. The van der Waals surface area contributed by atoms with E-state index in [2.05, 4.69) is 4.90 Å². The quantitative estimate of drug-likeness (QED) is 0.756. The summed E-state index contributed by atoms with van der Waals surface area (Å²) in [6, 6.07) is 0. The second-order valence-corrected chi connectivity index (χ2v) is 7.41. The summed E-state index contributed by atoms with van der Waals surface area (Å²) in [7, 11) is 3.85. The van der Waals surface area contributed by atoms with Gasteiger partial charge in [-0.1, -0.05) is 0 Å². The highest BCUT2D eigenvalue weighted by Crippen LogP contribution is 2.40. The number of piperidine rings is 2. The van der Waals surface area contributed by atoms with E-state index < -0.39 is 0 Å². The maximum Gasteiger partial charge on any atom is 0.222 e. The molecule has 1 spiro atoms. The second-order valence-electron chi connectivity index (χ2n) is 7.41. The summed E-state index contributed by atoms with van der Waals surface area (Å²) in [6.45, 7) is 5.17. The molecule has 118 valence electrons. The summed E-state index contributed by atoms with van der Waals surface area (Å²) in [5.41, 5.74) is 0.252. The van der Waals surface area contributed by atoms with Crippen LogP contribution in [0.3, 0.4) is 0 Å². The zero-order valence-electron chi connectivity index (χ0n) is 13.3. The Labute approximate surface area is 127 Å². The maximum atomic E-state index is 11.8. The molecule has 0 saturated carbocycles. The Bertz CT molecular complexity index is 429. The largest absolute Gasteiger partial charge is 0.345 e. The smallest absolute Gasteiger partial charge is 0.222 e. The summed E-state index contributed by atoms with van der Waals surface area (Å²) >= 11 is 0. The van der Waals surface area contributed by atoms with E-state index in [1.807, 2.05) is 23.9 Å². The van der Waals surface area contributed by atoms with E-state index in [0.29, 0.717) is 18.2 Å². The van der Waals surface area contributed by atoms with E-state index in [9.17, 15) is 9.59 Å². The zero-order chi connectivity index (χ0) is 15.0. The fraction of sp³-hybridized carbons (Fsp3) is 0.875. The third-order valence-corrected chi connectivity index (χ3v) is 5.68. The van der Waals surface area contributed by atoms with Crippen molar-refractivity contribution >= 4 is 11.8 Å². The van der Waals surface area contributed by atoms with Crippen molar-refractivity contribution in [1.29, 1.82) is 0 Å². The van der Waals surface area contributed by atoms with Gasteiger partial charge in [-0.05, 0) is 43.7 Å². The molecule has 0 radical (unpaired) electrons. The Balaban J connectivity index is 1.48. The maximum absolute atomic E-state index is 11.8. The molecule has 3 saturated heterocycles. The fourth-order valence-electron chi connectivity index (χ4n) is 4.26. The third kappa shape index (κ3) is 3.07. The zero-order valence-corrected chi connectivity index (χ0v) is 13.3. The molecule has 3 rings (SSSR count). The molecule has 0 aromatic rings. The minimum Gasteiger partial charge on any atom is -0.345 e. The van der Waals surface area contributed by atoms with Crippen molar-refractivity contribution in [2.45, 2.75) is 32.1 Å². The van der Waals surface area contributed by atoms with Crippen LogP contribution in [0.1, 0.15) is 32.1 Å². The van der Waals surface area contributed by atoms with Crippen LogP contribution in [0.15, 0.2) is 0 Å². The topological polar surface area (TPSA) is 43.9 Å². The van der Waals surface area contributed by atoms with Gasteiger partial charge in [-0.25, -0.2) is 0 Å². The lowest BCUT2D eigenvalue weighted by Gasteiger charge is -2.41. The summed E-state index contributed by atoms with van der Waals surface area (Å²) in [6.07, 6.45) is 4.78. The molecule has 3 heterocycles. The molecule has 3 fully saturated rings. The Hall–Kier alpha value is -1.10. The molecule has 0 aromatic carbocycles. The SMILES string of the molecule is CN1CC(CN2CCC3(CC2)CC(=O)N(C)C3)CCC1=O. The van der Waals surface area contributed by atoms with E-state index in [4.69, 9.17) is 0 Å². The van der Waals surface area contributed by atoms with Crippen LogP contribution in [-0.4, -0.2) is 73.3 Å². The predicted molar refractivity (Wildman–Crippen MR) is 80.7 cm³/mol. The number of likely N-dealkylation sites (tertiary alicyclic amines) is 3. The van der Waals surface area contributed by atoms with Crippen LogP contribution >= 0.6 is 0 Å². The second kappa shape index (κ2) is 5.59. The van der Waals surface area contributed by atoms with Crippen molar-refractivity contribution in [1.82, 2.24) is 14.7 Å². The van der Waals surface area contributed by atoms with Crippen LogP contribution in [0.5, 0.6) is 0 Å². The number of nitrogens with zero attached hydrogens (tertiary/aromatic N) is 3. The van der Waals surface area contributed by atoms with E-state index >= 15 is 0 Å². The van der Waals surface area contributed by atoms with Crippen molar-refractivity contribution in [3.63, 3.8) is 0 Å². The Morgan fingerprint density at radius 1 is 1.10 bits per heavy atom. The minimum atomic E-state index is 0.252. The highest BCUT2D eigenvalue weighted by Gasteiger charge is 2.43. The molecule has 5 nitrogen and oxygen atoms in total. The number of amides is 2. The molecule has 0 aromatic heterocycles. The molecule has 5 heteroatoms. The average molecular weight is 293 g/mol. The summed E-state index contributed by atoms with van der Waals surface area (Å²) in [5, 5.41) is 0. The molecular formula is C16H27N3O2. The van der Waals surface area contributed by atoms with Crippen LogP contribution in [0.2, 0.25) is 0 Å². The standard InChI is InChI=1S/C16H27N3O2/c1-17-10-13(3-4-14(17)20)11-19-7-5-16(6-8-19)9-15(21)18(2)12-16/h13H,3-12H2,1-2H3. The van der Waals surface area contributed by atoms with Crippen LogP contribution in [-0.2, 0) is 9.59 Å². The Morgan fingerprint density at radius 3 is 2.38 bits per heavy atom. The van der Waals surface area contributed by atoms with Crippen molar-refractivity contribution in [3.05, 3.63) is 0 Å². The Morgan fingerprint density at radius 2 is 1.81 bits per heavy atom. The van der Waals surface area contributed by atoms with Gasteiger partial charge in [-0.15, -0.1) is 0 Å². The van der Waals surface area contributed by atoms with Crippen LogP contribution in [0, 0.1) is 11.3 Å². The van der Waals surface area contributed by atoms with Gasteiger partial charge in [0.15, 0.2) is 0 Å². The van der Waals surface area contributed by atoms with Gasteiger partial charge in [0.25, 0.3) is 0 Å². The van der Waals surface area contributed by atoms with Crippen molar-refractivity contribution < 1.29 is 9.59 Å². The van der Waals surface area contributed by atoms with Gasteiger partial charge >= 0.3 is 0 Å². The van der Waals surface area contributed by atoms with Gasteiger partial charge in [0.2, 0.25) is 11.8 Å². The first kappa shape index (κ1) is 14.8. The molecule has 0 bridgehead atoms. The van der Waals surface area contributed by atoms with Gasteiger partial charge in [0.1, 0.15) is 0 Å². The predicted octanol–water partition coefficient (Wildman–Crippen LogP) is 0.799. The monoisotopic (exact) mass is 293 g/mol. The molecule has 2 amide bonds. The molecule has 0 N–H and O–H groups in total. The van der Waals surface area contributed by atoms with Crippen molar-refractivity contribution in [3.8, 4) is 0 Å². The number of hydrogen-bond donors (Lipinski definition) is 0. The first-order valence-electron chi connectivity index (χ1n) is 8.18. The molecule has 3 aliphatic heterocycles. The lowest BCUT2D eigenvalue weighted by Crippen LogP contribution is -2.46. The average Bonchev–Trinajstić information content (AvgIpc) is 2.72. The van der Waals surface area contributed by atoms with Crippen LogP contribution in [0.25, 0.3) is 0 Å².